The van der Waals surface area contributed by atoms with E-state index in [-0.39, 0.29) is 6.61 Å². The van der Waals surface area contributed by atoms with Crippen LogP contribution in [0.3, 0.4) is 0 Å². The van der Waals surface area contributed by atoms with E-state index in [0.717, 1.165) is 28.9 Å². The third kappa shape index (κ3) is 5.07. The number of hydrogen-bond acceptors (Lipinski definition) is 3. The predicted octanol–water partition coefficient (Wildman–Crippen LogP) is 4.93. The van der Waals surface area contributed by atoms with Gasteiger partial charge in [0.25, 0.3) is 0 Å². The Hall–Kier alpha value is -2.33. The van der Waals surface area contributed by atoms with E-state index in [1.807, 2.05) is 57.0 Å². The van der Waals surface area contributed by atoms with Crippen molar-refractivity contribution in [2.75, 3.05) is 13.6 Å². The number of hydrogen-bond donors (Lipinski definition) is 0. The molecule has 2 rings (SSSR count). The first-order valence-electron chi connectivity index (χ1n) is 8.18. The van der Waals surface area contributed by atoms with Crippen LogP contribution >= 0.6 is 11.6 Å². The van der Waals surface area contributed by atoms with Crippen LogP contribution in [0.2, 0.25) is 5.02 Å². The number of rotatable bonds is 6. The van der Waals surface area contributed by atoms with Crippen molar-refractivity contribution in [3.05, 3.63) is 63.7 Å². The van der Waals surface area contributed by atoms with Gasteiger partial charge in [-0.3, -0.25) is 0 Å². The van der Waals surface area contributed by atoms with Gasteiger partial charge in [0.05, 0.1) is 22.6 Å². The molecule has 0 amide bonds. The number of carbonyl (C=O) groups is 1. The Morgan fingerprint density at radius 2 is 1.96 bits per heavy atom. The molecule has 0 saturated heterocycles. The van der Waals surface area contributed by atoms with Crippen molar-refractivity contribution < 1.29 is 9.53 Å². The van der Waals surface area contributed by atoms with E-state index in [4.69, 9.17) is 16.3 Å². The molecule has 0 aliphatic carbocycles. The van der Waals surface area contributed by atoms with Crippen LogP contribution in [0.1, 0.15) is 34.0 Å². The molecule has 0 saturated carbocycles. The van der Waals surface area contributed by atoms with Gasteiger partial charge in [-0.05, 0) is 49.6 Å². The minimum atomic E-state index is -0.433. The molecule has 0 bridgehead atoms. The Balaban J connectivity index is 2.13. The Kier molecular flexibility index (Phi) is 6.59. The maximum atomic E-state index is 12.4. The number of halogens is 1. The first-order valence-corrected chi connectivity index (χ1v) is 8.56. The molecule has 0 heterocycles. The number of aliphatic imine (C=N–C) groups is 1. The fourth-order valence-corrected chi connectivity index (χ4v) is 2.44. The summed E-state index contributed by atoms with van der Waals surface area (Å²) in [6, 6.07) is 11.2. The molecule has 0 radical (unpaired) electrons. The number of nitrogens with zero attached hydrogens (tertiary/aromatic N) is 2. The second-order valence-electron chi connectivity index (χ2n) is 5.94. The van der Waals surface area contributed by atoms with Gasteiger partial charge in [-0.15, -0.1) is 0 Å². The zero-order valence-corrected chi connectivity index (χ0v) is 15.8. The zero-order chi connectivity index (χ0) is 18.4. The van der Waals surface area contributed by atoms with Gasteiger partial charge in [-0.2, -0.15) is 0 Å². The van der Waals surface area contributed by atoms with Crippen LogP contribution in [-0.4, -0.2) is 30.8 Å². The van der Waals surface area contributed by atoms with Gasteiger partial charge in [0.2, 0.25) is 0 Å². The average molecular weight is 359 g/mol. The number of benzene rings is 2. The van der Waals surface area contributed by atoms with Crippen LogP contribution in [0.15, 0.2) is 41.4 Å². The summed E-state index contributed by atoms with van der Waals surface area (Å²) in [5, 5.41) is 0.340. The van der Waals surface area contributed by atoms with Crippen molar-refractivity contribution in [2.24, 2.45) is 4.99 Å². The van der Waals surface area contributed by atoms with E-state index in [1.54, 1.807) is 18.5 Å². The fraction of sp³-hybridized carbons (Fsp3) is 0.300. The zero-order valence-electron chi connectivity index (χ0n) is 15.0. The topological polar surface area (TPSA) is 41.9 Å². The third-order valence-electron chi connectivity index (χ3n) is 4.02. The van der Waals surface area contributed by atoms with E-state index >= 15 is 0 Å². The van der Waals surface area contributed by atoms with Gasteiger partial charge in [0, 0.05) is 13.6 Å². The summed E-state index contributed by atoms with van der Waals surface area (Å²) in [6.45, 7) is 7.01. The van der Waals surface area contributed by atoms with Gasteiger partial charge < -0.3 is 9.64 Å². The largest absolute Gasteiger partial charge is 0.457 e. The summed E-state index contributed by atoms with van der Waals surface area (Å²) in [7, 11) is 1.94. The lowest BCUT2D eigenvalue weighted by Gasteiger charge is -2.11. The van der Waals surface area contributed by atoms with Crippen LogP contribution in [0, 0.1) is 13.8 Å². The molecule has 2 aromatic rings. The normalized spacial score (nSPS) is 10.9. The van der Waals surface area contributed by atoms with E-state index < -0.39 is 5.97 Å². The van der Waals surface area contributed by atoms with Crippen molar-refractivity contribution in [1.29, 1.82) is 0 Å². The van der Waals surface area contributed by atoms with E-state index in [0.29, 0.717) is 10.6 Å². The lowest BCUT2D eigenvalue weighted by Crippen LogP contribution is -2.14. The van der Waals surface area contributed by atoms with Crippen molar-refractivity contribution in [3.8, 4) is 0 Å². The number of ether oxygens (including phenoxy) is 1. The molecule has 0 atom stereocenters. The van der Waals surface area contributed by atoms with Crippen molar-refractivity contribution in [1.82, 2.24) is 4.90 Å². The molecule has 0 N–H and O–H groups in total. The van der Waals surface area contributed by atoms with Crippen LogP contribution in [0.5, 0.6) is 0 Å². The number of esters is 1. The molecule has 0 fully saturated rings. The summed E-state index contributed by atoms with van der Waals surface area (Å²) in [6.07, 6.45) is 1.74. The van der Waals surface area contributed by atoms with Gasteiger partial charge >= 0.3 is 5.97 Å². The Labute approximate surface area is 154 Å². The van der Waals surface area contributed by atoms with Crippen LogP contribution < -0.4 is 0 Å². The molecule has 0 unspecified atom stereocenters. The lowest BCUT2D eigenvalue weighted by molar-refractivity contribution is 0.0472. The molecule has 132 valence electrons. The summed E-state index contributed by atoms with van der Waals surface area (Å²) in [4.78, 5) is 18.7. The lowest BCUT2D eigenvalue weighted by atomic mass is 10.1. The second-order valence-corrected chi connectivity index (χ2v) is 6.35. The van der Waals surface area contributed by atoms with E-state index in [2.05, 4.69) is 4.99 Å². The van der Waals surface area contributed by atoms with Gasteiger partial charge in [0.1, 0.15) is 6.61 Å². The SMILES string of the molecule is CCN(C)/C=N/c1cc(Cl)c(C(=O)OCc2ccccc2C)cc1C. The molecule has 2 aromatic carbocycles. The third-order valence-corrected chi connectivity index (χ3v) is 4.33. The van der Waals surface area contributed by atoms with Crippen molar-refractivity contribution in [3.63, 3.8) is 0 Å². The van der Waals surface area contributed by atoms with Crippen LogP contribution in [0.4, 0.5) is 5.69 Å². The minimum Gasteiger partial charge on any atom is -0.457 e. The highest BCUT2D eigenvalue weighted by molar-refractivity contribution is 6.33. The van der Waals surface area contributed by atoms with Crippen molar-refractivity contribution >= 4 is 29.6 Å². The highest BCUT2D eigenvalue weighted by Crippen LogP contribution is 2.28. The van der Waals surface area contributed by atoms with Crippen LogP contribution in [-0.2, 0) is 11.3 Å². The van der Waals surface area contributed by atoms with E-state index in [1.165, 1.54) is 0 Å². The molecule has 4 nitrogen and oxygen atoms in total. The molecule has 0 aromatic heterocycles. The highest BCUT2D eigenvalue weighted by Gasteiger charge is 2.15. The molecule has 0 spiro atoms. The monoisotopic (exact) mass is 358 g/mol. The maximum Gasteiger partial charge on any atom is 0.339 e. The average Bonchev–Trinajstić information content (AvgIpc) is 2.60. The minimum absolute atomic E-state index is 0.224. The fourth-order valence-electron chi connectivity index (χ4n) is 2.20. The Morgan fingerprint density at radius 3 is 2.64 bits per heavy atom. The second kappa shape index (κ2) is 8.67. The molecular weight excluding hydrogens is 336 g/mol. The van der Waals surface area contributed by atoms with Gasteiger partial charge in [-0.1, -0.05) is 35.9 Å². The van der Waals surface area contributed by atoms with Gasteiger partial charge in [-0.25, -0.2) is 9.79 Å². The van der Waals surface area contributed by atoms with Gasteiger partial charge in [0.15, 0.2) is 0 Å². The smallest absolute Gasteiger partial charge is 0.339 e. The molecular formula is C20H23ClN2O2. The molecule has 0 aliphatic rings. The Morgan fingerprint density at radius 1 is 1.24 bits per heavy atom. The van der Waals surface area contributed by atoms with Crippen LogP contribution in [0.25, 0.3) is 0 Å². The Bertz CT molecular complexity index is 787. The molecule has 0 aliphatic heterocycles. The maximum absolute atomic E-state index is 12.4. The first-order chi connectivity index (χ1) is 11.9. The number of carbonyl (C=O) groups excluding carboxylic acids is 1. The summed E-state index contributed by atoms with van der Waals surface area (Å²) in [5.41, 5.74) is 4.03. The highest BCUT2D eigenvalue weighted by atomic mass is 35.5. The first kappa shape index (κ1) is 19.0. The number of aryl methyl sites for hydroxylation is 2. The summed E-state index contributed by atoms with van der Waals surface area (Å²) >= 11 is 6.27. The predicted molar refractivity (Wildman–Crippen MR) is 103 cm³/mol. The van der Waals surface area contributed by atoms with Crippen molar-refractivity contribution in [2.45, 2.75) is 27.4 Å². The molecule has 25 heavy (non-hydrogen) atoms. The van der Waals surface area contributed by atoms with E-state index in [9.17, 15) is 4.79 Å². The summed E-state index contributed by atoms with van der Waals surface area (Å²) in [5.74, 6) is -0.433. The molecule has 5 heteroatoms. The summed E-state index contributed by atoms with van der Waals surface area (Å²) < 4.78 is 5.42. The standard InChI is InChI=1S/C20H23ClN2O2/c1-5-23(4)13-22-19-11-18(21)17(10-15(19)3)20(24)25-12-16-9-7-6-8-14(16)2/h6-11,13H,5,12H2,1-4H3/b22-13+. The quantitative estimate of drug-likeness (QED) is 0.418.